The lowest BCUT2D eigenvalue weighted by Gasteiger charge is -2.23. The number of nitrogens with zero attached hydrogens (tertiary/aromatic N) is 7. The van der Waals surface area contributed by atoms with Crippen LogP contribution in [0, 0.1) is 0 Å². The molecule has 1 aliphatic carbocycles. The van der Waals surface area contributed by atoms with Gasteiger partial charge in [0, 0.05) is 67.7 Å². The standard InChI is InChI=1S/C112H77N7/c1-112(2)101-58-33-32-53-94(101)99-71-100(93-52-29-31-55-97(93)111-117-108(90-67-84(76-43-20-8-21-44-76)61-85(68-90)77-45-22-9-23-46-77)114-109(118-111)91-69-86(78-47-24-10-25-48-78)62-87(70-91)79-49-26-11-27-50-79)105-102(103(99)112)98-57-34-56-95(104(98)119(105)3)92-51-28-30-54-96(92)110-115-106(88-63-80(72-35-12-4-13-36-72)59-81(64-88)73-37-14-5-15-38-73)113-107(116-110)89-65-82(74-39-16-6-17-40-74)60-83(66-89)75-41-18-7-19-42-75/h4-71H,1-3H3. The molecule has 20 aromatic rings. The van der Waals surface area contributed by atoms with Crippen molar-refractivity contribution in [3.05, 3.63) is 424 Å². The lowest BCUT2D eigenvalue weighted by molar-refractivity contribution is 0.666. The minimum Gasteiger partial charge on any atom is -0.343 e. The summed E-state index contributed by atoms with van der Waals surface area (Å²) < 4.78 is 2.46. The molecule has 0 spiro atoms. The highest BCUT2D eigenvalue weighted by Crippen LogP contribution is 2.57. The molecular weight excluding hydrogens is 1440 g/mol. The van der Waals surface area contributed by atoms with Crippen molar-refractivity contribution in [2.45, 2.75) is 19.3 Å². The summed E-state index contributed by atoms with van der Waals surface area (Å²) in [4.78, 5) is 34.2. The molecule has 0 amide bonds. The molecule has 0 saturated heterocycles. The Morgan fingerprint density at radius 3 is 0.739 bits per heavy atom. The van der Waals surface area contributed by atoms with Crippen LogP contribution in [0.1, 0.15) is 25.0 Å². The van der Waals surface area contributed by atoms with Crippen molar-refractivity contribution in [1.82, 2.24) is 34.5 Å². The molecule has 560 valence electrons. The first-order valence-electron chi connectivity index (χ1n) is 40.6. The van der Waals surface area contributed by atoms with Crippen LogP contribution >= 0.6 is 0 Å². The molecule has 0 fully saturated rings. The first-order valence-corrected chi connectivity index (χ1v) is 40.6. The second-order valence-corrected chi connectivity index (χ2v) is 31.3. The maximum atomic E-state index is 5.76. The van der Waals surface area contributed by atoms with E-state index in [9.17, 15) is 0 Å². The van der Waals surface area contributed by atoms with E-state index in [0.29, 0.717) is 34.9 Å². The van der Waals surface area contributed by atoms with Gasteiger partial charge in [-0.05, 0) is 201 Å². The number of hydrogen-bond donors (Lipinski definition) is 0. The van der Waals surface area contributed by atoms with Gasteiger partial charge in [0.05, 0.1) is 11.0 Å². The van der Waals surface area contributed by atoms with Crippen LogP contribution in [0.3, 0.4) is 0 Å². The van der Waals surface area contributed by atoms with Crippen molar-refractivity contribution in [3.8, 4) is 191 Å². The molecule has 0 N–H and O–H groups in total. The Balaban J connectivity index is 0.800. The molecule has 3 aromatic heterocycles. The second-order valence-electron chi connectivity index (χ2n) is 31.3. The lowest BCUT2D eigenvalue weighted by Crippen LogP contribution is -2.15. The van der Waals surface area contributed by atoms with Crippen LogP contribution in [0.4, 0.5) is 0 Å². The van der Waals surface area contributed by atoms with Gasteiger partial charge in [-0.15, -0.1) is 0 Å². The summed E-state index contributed by atoms with van der Waals surface area (Å²) in [6.07, 6.45) is 0. The van der Waals surface area contributed by atoms with Crippen molar-refractivity contribution in [2.24, 2.45) is 7.05 Å². The zero-order valence-electron chi connectivity index (χ0n) is 65.9. The Morgan fingerprint density at radius 1 is 0.185 bits per heavy atom. The second kappa shape index (κ2) is 30.1. The number of aryl methyl sites for hydroxylation is 1. The van der Waals surface area contributed by atoms with Crippen molar-refractivity contribution in [1.29, 1.82) is 0 Å². The highest BCUT2D eigenvalue weighted by molar-refractivity contribution is 6.21. The van der Waals surface area contributed by atoms with Gasteiger partial charge in [-0.25, -0.2) is 29.9 Å². The van der Waals surface area contributed by atoms with Gasteiger partial charge in [0.1, 0.15) is 0 Å². The van der Waals surface area contributed by atoms with Gasteiger partial charge in [-0.2, -0.15) is 0 Å². The van der Waals surface area contributed by atoms with Gasteiger partial charge >= 0.3 is 0 Å². The molecule has 7 nitrogen and oxygen atoms in total. The predicted octanol–water partition coefficient (Wildman–Crippen LogP) is 28.7. The van der Waals surface area contributed by atoms with Crippen molar-refractivity contribution in [3.63, 3.8) is 0 Å². The SMILES string of the molecule is Cn1c2c(-c3ccccc3-c3nc(-c4cc(-c5ccccc5)cc(-c5ccccc5)c4)nc(-c4cc(-c5ccccc5)cc(-c5ccccc5)c4)n3)cccc2c2c3c(cc(-c4ccccc4-c4nc(-c5cc(-c6ccccc6)cc(-c6ccccc6)c5)nc(-c5cc(-c6ccccc6)cc(-c6ccccc6)c5)n4)c21)-c1ccccc1C3(C)C. The normalized spacial score (nSPS) is 12.1. The molecule has 3 heterocycles. The Morgan fingerprint density at radius 2 is 0.429 bits per heavy atom. The molecular formula is C112H77N7. The third kappa shape index (κ3) is 13.3. The van der Waals surface area contributed by atoms with Crippen LogP contribution in [0.5, 0.6) is 0 Å². The van der Waals surface area contributed by atoms with Crippen LogP contribution in [-0.4, -0.2) is 34.5 Å². The Hall–Kier alpha value is -15.4. The number of fused-ring (bicyclic) bond motifs is 7. The van der Waals surface area contributed by atoms with Crippen LogP contribution in [0.2, 0.25) is 0 Å². The summed E-state index contributed by atoms with van der Waals surface area (Å²) in [5.41, 5.74) is 33.1. The Bertz CT molecular complexity index is 6750. The summed E-state index contributed by atoms with van der Waals surface area (Å²) in [6.45, 7) is 4.80. The summed E-state index contributed by atoms with van der Waals surface area (Å²) in [5.74, 6) is 3.30. The van der Waals surface area contributed by atoms with Crippen LogP contribution in [0.25, 0.3) is 213 Å². The number of hydrogen-bond acceptors (Lipinski definition) is 6. The zero-order valence-corrected chi connectivity index (χ0v) is 65.9. The molecule has 0 bridgehead atoms. The Kier molecular flexibility index (Phi) is 18.0. The average Bonchev–Trinajstić information content (AvgIpc) is 1.52. The van der Waals surface area contributed by atoms with Gasteiger partial charge in [-0.3, -0.25) is 0 Å². The van der Waals surface area contributed by atoms with E-state index in [1.54, 1.807) is 0 Å². The molecule has 119 heavy (non-hydrogen) atoms. The molecule has 0 radical (unpaired) electrons. The first-order chi connectivity index (χ1) is 58.6. The van der Waals surface area contributed by atoms with Gasteiger partial charge in [0.2, 0.25) is 0 Å². The topological polar surface area (TPSA) is 82.3 Å². The summed E-state index contributed by atoms with van der Waals surface area (Å²) in [7, 11) is 2.25. The van der Waals surface area contributed by atoms with Crippen LogP contribution in [0.15, 0.2) is 413 Å². The van der Waals surface area contributed by atoms with E-state index in [2.05, 4.69) is 438 Å². The third-order valence-corrected chi connectivity index (χ3v) is 23.6. The predicted molar refractivity (Wildman–Crippen MR) is 492 cm³/mol. The zero-order chi connectivity index (χ0) is 79.5. The fraction of sp³-hybridized carbons (Fsp3) is 0.0357. The van der Waals surface area contributed by atoms with E-state index in [-0.39, 0.29) is 0 Å². The smallest absolute Gasteiger partial charge is 0.164 e. The fourth-order valence-electron chi connectivity index (χ4n) is 17.9. The van der Waals surface area contributed by atoms with Crippen LogP contribution < -0.4 is 0 Å². The van der Waals surface area contributed by atoms with E-state index in [1.807, 2.05) is 0 Å². The van der Waals surface area contributed by atoms with Crippen molar-refractivity contribution >= 4 is 21.8 Å². The van der Waals surface area contributed by atoms with E-state index in [0.717, 1.165) is 161 Å². The average molecular weight is 1520 g/mol. The molecule has 17 aromatic carbocycles. The third-order valence-electron chi connectivity index (χ3n) is 23.6. The Labute approximate surface area is 692 Å². The summed E-state index contributed by atoms with van der Waals surface area (Å²) >= 11 is 0. The van der Waals surface area contributed by atoms with Gasteiger partial charge < -0.3 is 4.57 Å². The van der Waals surface area contributed by atoms with Crippen molar-refractivity contribution in [2.75, 3.05) is 0 Å². The monoisotopic (exact) mass is 1520 g/mol. The summed E-state index contributed by atoms with van der Waals surface area (Å²) in [5, 5.41) is 2.31. The molecule has 0 unspecified atom stereocenters. The maximum absolute atomic E-state index is 5.76. The lowest BCUT2D eigenvalue weighted by atomic mass is 9.79. The minimum absolute atomic E-state index is 0.406. The number of aromatic nitrogens is 7. The number of benzene rings is 17. The number of para-hydroxylation sites is 1. The highest BCUT2D eigenvalue weighted by atomic mass is 15.0. The molecule has 21 rings (SSSR count). The fourth-order valence-corrected chi connectivity index (χ4v) is 17.9. The van der Waals surface area contributed by atoms with E-state index >= 15 is 0 Å². The largest absolute Gasteiger partial charge is 0.343 e. The van der Waals surface area contributed by atoms with Gasteiger partial charge in [-0.1, -0.05) is 347 Å². The van der Waals surface area contributed by atoms with Crippen molar-refractivity contribution < 1.29 is 0 Å². The highest BCUT2D eigenvalue weighted by Gasteiger charge is 2.40. The number of rotatable bonds is 16. The molecule has 0 saturated carbocycles. The summed E-state index contributed by atoms with van der Waals surface area (Å²) in [6, 6.07) is 147. The maximum Gasteiger partial charge on any atom is 0.164 e. The van der Waals surface area contributed by atoms with Gasteiger partial charge in [0.15, 0.2) is 34.9 Å². The van der Waals surface area contributed by atoms with Crippen LogP contribution in [-0.2, 0) is 12.5 Å². The molecule has 7 heteroatoms. The molecule has 0 atom stereocenters. The van der Waals surface area contributed by atoms with E-state index in [4.69, 9.17) is 29.9 Å². The first kappa shape index (κ1) is 71.3. The molecule has 0 aliphatic heterocycles. The molecule has 1 aliphatic rings. The quantitative estimate of drug-likeness (QED) is 0.0959. The van der Waals surface area contributed by atoms with Gasteiger partial charge in [0.25, 0.3) is 0 Å². The minimum atomic E-state index is -0.406. The van der Waals surface area contributed by atoms with E-state index < -0.39 is 5.41 Å². The van der Waals surface area contributed by atoms with E-state index in [1.165, 1.54) is 27.6 Å².